The Balaban J connectivity index is 1.29. The van der Waals surface area contributed by atoms with Gasteiger partial charge in [0, 0.05) is 0 Å². The van der Waals surface area contributed by atoms with E-state index in [1.807, 2.05) is 48.5 Å². The van der Waals surface area contributed by atoms with E-state index >= 15 is 0 Å². The van der Waals surface area contributed by atoms with Crippen molar-refractivity contribution in [2.45, 2.75) is 13.3 Å². The molecule has 1 aliphatic rings. The lowest BCUT2D eigenvalue weighted by Gasteiger charge is -2.20. The van der Waals surface area contributed by atoms with Crippen molar-refractivity contribution in [1.82, 2.24) is 30.0 Å². The minimum Gasteiger partial charge on any atom is -0.331 e. The summed E-state index contributed by atoms with van der Waals surface area (Å²) in [5, 5.41) is 18.4. The molecule has 0 amide bonds. The van der Waals surface area contributed by atoms with E-state index in [0.717, 1.165) is 40.1 Å². The van der Waals surface area contributed by atoms with Gasteiger partial charge in [-0.3, -0.25) is 0 Å². The predicted molar refractivity (Wildman–Crippen MR) is 111 cm³/mol. The Bertz CT molecular complexity index is 1150. The highest BCUT2D eigenvalue weighted by Gasteiger charge is 2.26. The van der Waals surface area contributed by atoms with E-state index in [-0.39, 0.29) is 0 Å². The summed E-state index contributed by atoms with van der Waals surface area (Å²) in [6.45, 7) is 1.88. The SMILES string of the molecule is c1ccc2c(c1)N(Cn1nc3ccccc3n1)CN2Cn1nc2ccccc2n1. The second-order valence-corrected chi connectivity index (χ2v) is 7.11. The summed E-state index contributed by atoms with van der Waals surface area (Å²) in [7, 11) is 0. The van der Waals surface area contributed by atoms with Crippen LogP contribution in [0.15, 0.2) is 72.8 Å². The van der Waals surface area contributed by atoms with Gasteiger partial charge in [0.05, 0.1) is 18.0 Å². The topological polar surface area (TPSA) is 67.9 Å². The van der Waals surface area contributed by atoms with E-state index in [2.05, 4.69) is 54.5 Å². The van der Waals surface area contributed by atoms with Crippen molar-refractivity contribution in [3.63, 3.8) is 0 Å². The molecule has 5 aromatic rings. The van der Waals surface area contributed by atoms with Crippen molar-refractivity contribution in [3.8, 4) is 0 Å². The average Bonchev–Trinajstić information content (AvgIpc) is 3.43. The quantitative estimate of drug-likeness (QED) is 0.476. The lowest BCUT2D eigenvalue weighted by molar-refractivity contribution is 0.492. The van der Waals surface area contributed by atoms with Gasteiger partial charge in [-0.25, -0.2) is 0 Å². The van der Waals surface area contributed by atoms with Crippen LogP contribution in [-0.2, 0) is 13.3 Å². The number of rotatable bonds is 4. The molecular formula is C21H18N8. The standard InChI is InChI=1S/C21H18N8/c1-2-8-17-16(7-1)22-28(23-17)14-26-13-27(21-12-6-5-11-20(21)26)15-29-24-18-9-3-4-10-19(18)25-29/h1-12H,13-15H2. The van der Waals surface area contributed by atoms with Gasteiger partial charge in [0.1, 0.15) is 35.4 Å². The van der Waals surface area contributed by atoms with Gasteiger partial charge >= 0.3 is 0 Å². The molecule has 0 fully saturated rings. The molecule has 3 aromatic carbocycles. The summed E-state index contributed by atoms with van der Waals surface area (Å²) in [5.41, 5.74) is 5.94. The number of hydrogen-bond acceptors (Lipinski definition) is 6. The van der Waals surface area contributed by atoms with Gasteiger partial charge in [-0.15, -0.1) is 0 Å². The highest BCUT2D eigenvalue weighted by atomic mass is 15.6. The third-order valence-electron chi connectivity index (χ3n) is 5.16. The number of anilines is 2. The number of fused-ring (bicyclic) bond motifs is 3. The van der Waals surface area contributed by atoms with E-state index in [9.17, 15) is 0 Å². The Morgan fingerprint density at radius 2 is 0.862 bits per heavy atom. The minimum absolute atomic E-state index is 0.580. The molecule has 3 heterocycles. The van der Waals surface area contributed by atoms with E-state index in [1.54, 1.807) is 9.59 Å². The molecule has 0 radical (unpaired) electrons. The van der Waals surface area contributed by atoms with Crippen LogP contribution in [0.3, 0.4) is 0 Å². The van der Waals surface area contributed by atoms with Crippen LogP contribution in [0.2, 0.25) is 0 Å². The summed E-state index contributed by atoms with van der Waals surface area (Å²) in [6, 6.07) is 24.2. The number of aromatic nitrogens is 6. The van der Waals surface area contributed by atoms with Crippen LogP contribution in [0.5, 0.6) is 0 Å². The zero-order chi connectivity index (χ0) is 19.2. The number of hydrogen-bond donors (Lipinski definition) is 0. The van der Waals surface area contributed by atoms with E-state index < -0.39 is 0 Å². The first kappa shape index (κ1) is 16.1. The summed E-state index contributed by atoms with van der Waals surface area (Å²) >= 11 is 0. The molecule has 0 saturated carbocycles. The Labute approximate surface area is 166 Å². The third kappa shape index (κ3) is 2.77. The maximum absolute atomic E-state index is 4.60. The van der Waals surface area contributed by atoms with E-state index in [0.29, 0.717) is 13.3 Å². The zero-order valence-electron chi connectivity index (χ0n) is 15.6. The highest BCUT2D eigenvalue weighted by molar-refractivity contribution is 5.76. The lowest BCUT2D eigenvalue weighted by atomic mass is 10.2. The molecular weight excluding hydrogens is 364 g/mol. The second kappa shape index (κ2) is 6.30. The largest absolute Gasteiger partial charge is 0.331 e. The molecule has 8 nitrogen and oxygen atoms in total. The smallest absolute Gasteiger partial charge is 0.133 e. The predicted octanol–water partition coefficient (Wildman–Crippen LogP) is 3.08. The molecule has 0 spiro atoms. The van der Waals surface area contributed by atoms with E-state index in [1.165, 1.54) is 0 Å². The van der Waals surface area contributed by atoms with Gasteiger partial charge < -0.3 is 9.80 Å². The summed E-state index contributed by atoms with van der Waals surface area (Å²) < 4.78 is 0. The van der Waals surface area contributed by atoms with E-state index in [4.69, 9.17) is 0 Å². The molecule has 0 bridgehead atoms. The fourth-order valence-corrected chi connectivity index (χ4v) is 3.84. The van der Waals surface area contributed by atoms with Gasteiger partial charge in [-0.1, -0.05) is 36.4 Å². The van der Waals surface area contributed by atoms with Crippen molar-refractivity contribution in [3.05, 3.63) is 72.8 Å². The van der Waals surface area contributed by atoms with Crippen LogP contribution in [0.4, 0.5) is 11.4 Å². The first-order valence-electron chi connectivity index (χ1n) is 9.52. The first-order valence-corrected chi connectivity index (χ1v) is 9.52. The van der Waals surface area contributed by atoms with Crippen LogP contribution in [-0.4, -0.2) is 36.7 Å². The molecule has 2 aromatic heterocycles. The van der Waals surface area contributed by atoms with Crippen LogP contribution < -0.4 is 9.80 Å². The Morgan fingerprint density at radius 3 is 1.24 bits per heavy atom. The van der Waals surface area contributed by atoms with Gasteiger partial charge in [0.25, 0.3) is 0 Å². The fraction of sp³-hybridized carbons (Fsp3) is 0.143. The van der Waals surface area contributed by atoms with Crippen LogP contribution in [0.1, 0.15) is 0 Å². The van der Waals surface area contributed by atoms with Gasteiger partial charge in [0.15, 0.2) is 0 Å². The van der Waals surface area contributed by atoms with Crippen molar-refractivity contribution in [2.75, 3.05) is 16.5 Å². The number of nitrogens with zero attached hydrogens (tertiary/aromatic N) is 8. The molecule has 142 valence electrons. The molecule has 0 atom stereocenters. The van der Waals surface area contributed by atoms with Crippen molar-refractivity contribution in [1.29, 1.82) is 0 Å². The Hall–Kier alpha value is -3.94. The summed E-state index contributed by atoms with van der Waals surface area (Å²) in [5.74, 6) is 0. The second-order valence-electron chi connectivity index (χ2n) is 7.11. The highest BCUT2D eigenvalue weighted by Crippen LogP contribution is 2.36. The molecule has 0 saturated heterocycles. The monoisotopic (exact) mass is 382 g/mol. The maximum atomic E-state index is 4.60. The Morgan fingerprint density at radius 1 is 0.517 bits per heavy atom. The number of benzene rings is 3. The zero-order valence-corrected chi connectivity index (χ0v) is 15.6. The minimum atomic E-state index is 0.580. The van der Waals surface area contributed by atoms with Crippen molar-refractivity contribution in [2.24, 2.45) is 0 Å². The molecule has 8 heteroatoms. The fourth-order valence-electron chi connectivity index (χ4n) is 3.84. The summed E-state index contributed by atoms with van der Waals surface area (Å²) in [6.07, 6.45) is 0. The summed E-state index contributed by atoms with van der Waals surface area (Å²) in [4.78, 5) is 8.03. The van der Waals surface area contributed by atoms with Gasteiger partial charge in [0.2, 0.25) is 0 Å². The normalized spacial score (nSPS) is 13.5. The van der Waals surface area contributed by atoms with Crippen LogP contribution in [0.25, 0.3) is 22.1 Å². The molecule has 0 aliphatic carbocycles. The average molecular weight is 382 g/mol. The lowest BCUT2D eigenvalue weighted by Crippen LogP contribution is -2.34. The molecule has 0 unspecified atom stereocenters. The molecule has 1 aliphatic heterocycles. The van der Waals surface area contributed by atoms with Gasteiger partial charge in [-0.05, 0) is 36.4 Å². The third-order valence-corrected chi connectivity index (χ3v) is 5.16. The van der Waals surface area contributed by atoms with Crippen LogP contribution in [0, 0.1) is 0 Å². The van der Waals surface area contributed by atoms with Gasteiger partial charge in [-0.2, -0.15) is 30.0 Å². The Kier molecular flexibility index (Phi) is 3.49. The molecule has 29 heavy (non-hydrogen) atoms. The van der Waals surface area contributed by atoms with Crippen molar-refractivity contribution < 1.29 is 0 Å². The molecule has 6 rings (SSSR count). The van der Waals surface area contributed by atoms with Crippen molar-refractivity contribution >= 4 is 33.4 Å². The first-order chi connectivity index (χ1) is 14.3. The maximum Gasteiger partial charge on any atom is 0.133 e. The molecule has 0 N–H and O–H groups in total. The number of para-hydroxylation sites is 2. The van der Waals surface area contributed by atoms with Crippen LogP contribution >= 0.6 is 0 Å².